The molecule has 2 fully saturated rings. The monoisotopic (exact) mass is 367 g/mol. The molecule has 0 saturated carbocycles. The first-order valence-electron chi connectivity index (χ1n) is 9.18. The molecule has 1 N–H and O–H groups in total. The second-order valence-corrected chi connectivity index (χ2v) is 8.77. The van der Waals surface area contributed by atoms with E-state index in [0.717, 1.165) is 19.0 Å². The van der Waals surface area contributed by atoms with Gasteiger partial charge in [0, 0.05) is 25.7 Å². The second-order valence-electron chi connectivity index (χ2n) is 7.01. The molecule has 1 aromatic carbocycles. The molecule has 6 nitrogen and oxygen atoms in total. The first kappa shape index (κ1) is 18.8. The van der Waals surface area contributed by atoms with Crippen LogP contribution in [0.5, 0.6) is 0 Å². The van der Waals surface area contributed by atoms with Gasteiger partial charge in [0.05, 0.1) is 13.2 Å². The Kier molecular flexibility index (Phi) is 6.46. The molecule has 1 atom stereocenters. The van der Waals surface area contributed by atoms with Crippen LogP contribution < -0.4 is 4.72 Å². The first-order chi connectivity index (χ1) is 12.1. The minimum absolute atomic E-state index is 0.0736. The van der Waals surface area contributed by atoms with Crippen molar-refractivity contribution >= 4 is 10.2 Å². The molecule has 0 bridgehead atoms. The zero-order valence-corrected chi connectivity index (χ0v) is 15.7. The minimum Gasteiger partial charge on any atom is -0.379 e. The molecule has 2 saturated heterocycles. The number of piperidine rings is 1. The molecule has 1 aromatic rings. The highest BCUT2D eigenvalue weighted by molar-refractivity contribution is 7.87. The molecule has 0 aromatic heterocycles. The molecule has 7 heteroatoms. The number of morpholine rings is 1. The predicted molar refractivity (Wildman–Crippen MR) is 98.5 cm³/mol. The van der Waals surface area contributed by atoms with Crippen molar-refractivity contribution in [2.75, 3.05) is 45.9 Å². The van der Waals surface area contributed by atoms with Crippen molar-refractivity contribution in [3.8, 4) is 0 Å². The molecule has 2 heterocycles. The largest absolute Gasteiger partial charge is 0.379 e. The summed E-state index contributed by atoms with van der Waals surface area (Å²) in [6.45, 7) is 6.49. The Morgan fingerprint density at radius 1 is 1.12 bits per heavy atom. The molecule has 0 spiro atoms. The minimum atomic E-state index is -3.46. The molecule has 140 valence electrons. The Morgan fingerprint density at radius 2 is 1.76 bits per heavy atom. The Morgan fingerprint density at radius 3 is 2.40 bits per heavy atom. The number of benzene rings is 1. The van der Waals surface area contributed by atoms with E-state index >= 15 is 0 Å². The van der Waals surface area contributed by atoms with Crippen LogP contribution >= 0.6 is 0 Å². The fourth-order valence-corrected chi connectivity index (χ4v) is 4.72. The fraction of sp³-hybridized carbons (Fsp3) is 0.667. The van der Waals surface area contributed by atoms with E-state index in [4.69, 9.17) is 4.74 Å². The average Bonchev–Trinajstić information content (AvgIpc) is 2.65. The summed E-state index contributed by atoms with van der Waals surface area (Å²) >= 11 is 0. The summed E-state index contributed by atoms with van der Waals surface area (Å²) in [5, 5.41) is 0. The van der Waals surface area contributed by atoms with Gasteiger partial charge in [-0.15, -0.1) is 0 Å². The highest BCUT2D eigenvalue weighted by atomic mass is 32.2. The van der Waals surface area contributed by atoms with E-state index in [2.05, 4.69) is 28.7 Å². The van der Waals surface area contributed by atoms with Gasteiger partial charge in [0.2, 0.25) is 0 Å². The van der Waals surface area contributed by atoms with Gasteiger partial charge in [0.1, 0.15) is 0 Å². The molecule has 0 amide bonds. The van der Waals surface area contributed by atoms with E-state index in [1.165, 1.54) is 22.7 Å². The maximum Gasteiger partial charge on any atom is 0.279 e. The van der Waals surface area contributed by atoms with E-state index < -0.39 is 10.2 Å². The summed E-state index contributed by atoms with van der Waals surface area (Å²) in [5.41, 5.74) is 1.17. The number of rotatable bonds is 6. The molecule has 0 unspecified atom stereocenters. The van der Waals surface area contributed by atoms with Gasteiger partial charge in [-0.25, -0.2) is 4.72 Å². The van der Waals surface area contributed by atoms with Crippen molar-refractivity contribution in [2.24, 2.45) is 5.92 Å². The molecule has 0 aliphatic carbocycles. The lowest BCUT2D eigenvalue weighted by molar-refractivity contribution is 0.0722. The summed E-state index contributed by atoms with van der Waals surface area (Å²) in [6.07, 6.45) is 2.33. The zero-order valence-electron chi connectivity index (χ0n) is 14.9. The summed E-state index contributed by atoms with van der Waals surface area (Å²) in [7, 11) is -3.46. The van der Waals surface area contributed by atoms with Crippen molar-refractivity contribution in [1.82, 2.24) is 13.9 Å². The highest BCUT2D eigenvalue weighted by Crippen LogP contribution is 2.26. The number of hydrogen-bond acceptors (Lipinski definition) is 4. The maximum atomic E-state index is 12.6. The van der Waals surface area contributed by atoms with Gasteiger partial charge in [0.15, 0.2) is 0 Å². The summed E-state index contributed by atoms with van der Waals surface area (Å²) in [5.74, 6) is 0.748. The van der Waals surface area contributed by atoms with Crippen LogP contribution in [0.1, 0.15) is 31.4 Å². The van der Waals surface area contributed by atoms with E-state index in [0.29, 0.717) is 32.8 Å². The van der Waals surface area contributed by atoms with Crippen LogP contribution in [-0.4, -0.2) is 63.6 Å². The number of nitrogens with zero attached hydrogens (tertiary/aromatic N) is 2. The third kappa shape index (κ3) is 5.01. The van der Waals surface area contributed by atoms with Gasteiger partial charge in [-0.2, -0.15) is 12.7 Å². The number of nitrogens with one attached hydrogen (secondary N) is 1. The van der Waals surface area contributed by atoms with E-state index in [-0.39, 0.29) is 6.04 Å². The van der Waals surface area contributed by atoms with E-state index in [9.17, 15) is 8.42 Å². The Labute approximate surface area is 151 Å². The van der Waals surface area contributed by atoms with Crippen LogP contribution in [0.15, 0.2) is 30.3 Å². The molecule has 2 aliphatic rings. The molecule has 0 radical (unpaired) electrons. The van der Waals surface area contributed by atoms with Crippen molar-refractivity contribution in [3.05, 3.63) is 35.9 Å². The normalized spacial score (nSPS) is 22.8. The molecule has 3 rings (SSSR count). The van der Waals surface area contributed by atoms with Gasteiger partial charge in [0.25, 0.3) is 10.2 Å². The number of likely N-dealkylation sites (tertiary alicyclic amines) is 1. The standard InChI is InChI=1S/C18H29N3O3S/c1-16-7-9-20(10-8-16)18(17-5-3-2-4-6-17)15-19-25(22,23)21-11-13-24-14-12-21/h2-6,16,18-19H,7-15H2,1H3/t18-/m1/s1. The molecule has 2 aliphatic heterocycles. The van der Waals surface area contributed by atoms with Gasteiger partial charge in [-0.1, -0.05) is 37.3 Å². The van der Waals surface area contributed by atoms with E-state index in [1.54, 1.807) is 0 Å². The van der Waals surface area contributed by atoms with Crippen LogP contribution in [0, 0.1) is 5.92 Å². The predicted octanol–water partition coefficient (Wildman–Crippen LogP) is 1.63. The lowest BCUT2D eigenvalue weighted by Gasteiger charge is -2.37. The number of ether oxygens (including phenoxy) is 1. The summed E-state index contributed by atoms with van der Waals surface area (Å²) < 4.78 is 34.8. The summed E-state index contributed by atoms with van der Waals surface area (Å²) in [6, 6.07) is 10.3. The van der Waals surface area contributed by atoms with Crippen LogP contribution in [0.25, 0.3) is 0 Å². The maximum absolute atomic E-state index is 12.6. The SMILES string of the molecule is CC1CCN([C@H](CNS(=O)(=O)N2CCOCC2)c2ccccc2)CC1. The van der Waals surface area contributed by atoms with Crippen molar-refractivity contribution in [1.29, 1.82) is 0 Å². The van der Waals surface area contributed by atoms with Crippen LogP contribution in [-0.2, 0) is 14.9 Å². The quantitative estimate of drug-likeness (QED) is 0.830. The molecular formula is C18H29N3O3S. The summed E-state index contributed by atoms with van der Waals surface area (Å²) in [4.78, 5) is 2.41. The van der Waals surface area contributed by atoms with Crippen molar-refractivity contribution < 1.29 is 13.2 Å². The second kappa shape index (κ2) is 8.60. The third-order valence-corrected chi connectivity index (χ3v) is 6.79. The lowest BCUT2D eigenvalue weighted by atomic mass is 9.96. The van der Waals surface area contributed by atoms with Crippen molar-refractivity contribution in [2.45, 2.75) is 25.8 Å². The number of hydrogen-bond donors (Lipinski definition) is 1. The first-order valence-corrected chi connectivity index (χ1v) is 10.6. The lowest BCUT2D eigenvalue weighted by Crippen LogP contribution is -2.49. The van der Waals surface area contributed by atoms with Gasteiger partial charge < -0.3 is 4.74 Å². The third-order valence-electron chi connectivity index (χ3n) is 5.21. The van der Waals surface area contributed by atoms with Crippen molar-refractivity contribution in [3.63, 3.8) is 0 Å². The van der Waals surface area contributed by atoms with Gasteiger partial charge in [-0.3, -0.25) is 4.90 Å². The highest BCUT2D eigenvalue weighted by Gasteiger charge is 2.28. The molecule has 25 heavy (non-hydrogen) atoms. The van der Waals surface area contributed by atoms with Gasteiger partial charge in [-0.05, 0) is 37.4 Å². The fourth-order valence-electron chi connectivity index (χ4n) is 3.54. The Bertz CT molecular complexity index is 624. The van der Waals surface area contributed by atoms with Crippen LogP contribution in [0.2, 0.25) is 0 Å². The molecular weight excluding hydrogens is 338 g/mol. The smallest absolute Gasteiger partial charge is 0.279 e. The van der Waals surface area contributed by atoms with Crippen LogP contribution in [0.4, 0.5) is 0 Å². The van der Waals surface area contributed by atoms with Gasteiger partial charge >= 0.3 is 0 Å². The van der Waals surface area contributed by atoms with Crippen LogP contribution in [0.3, 0.4) is 0 Å². The van der Waals surface area contributed by atoms with E-state index in [1.807, 2.05) is 18.2 Å². The Hall–Kier alpha value is -0.990. The Balaban J connectivity index is 1.69. The zero-order chi connectivity index (χ0) is 17.7. The topological polar surface area (TPSA) is 61.9 Å². The average molecular weight is 368 g/mol.